The molecule has 0 fully saturated rings. The smallest absolute Gasteiger partial charge is 0.227 e. The number of hydrogen-bond acceptors (Lipinski definition) is 9. The molecule has 148 heavy (non-hydrogen) atoms. The molecule has 0 radical (unpaired) electrons. The van der Waals surface area contributed by atoms with Crippen LogP contribution >= 0.6 is 0 Å². The fourth-order valence-corrected chi connectivity index (χ4v) is 21.4. The molecule has 0 atom stereocenters. The Labute approximate surface area is 850 Å². The van der Waals surface area contributed by atoms with E-state index >= 15 is 0 Å². The standard InChI is InChI=1S/C49H31NO2.2C45H27NO2/c1-3-9-32(10-4-1)34-15-19-36(20-16-34)40-27-28-46-43(29-40)44-31-41(37-21-17-35(18-22-37)33-11-5-2-6-12-33)30-42(48(44)51-46)38-23-25-39(26-24-38)49-50-45-13-7-8-14-47(45)52-49;1-3-13-34-28(9-1)11-7-15-36(34)32-23-24-42-39(25-32)40-27-33(37-16-8-12-29-10-2-4-14-35(29)37)26-38(44(40)47-42)30-19-21-31(22-20-30)45-46-41-17-5-6-18-43(41)48-45;1-2-10-32-24-33(21-16-28(32)8-1)34-22-23-42-39(25-34)40-27-35(37-13-7-11-29-9-3-4-12-36(29)37)26-38(44(40)47-42)30-17-19-31(20-18-30)45-46-41-14-5-6-15-43(41)48-45/h1-31H;2*1-27H. The number of benzene rings is 24. The van der Waals surface area contributed by atoms with Gasteiger partial charge in [0.25, 0.3) is 0 Å². The van der Waals surface area contributed by atoms with Gasteiger partial charge in [0.15, 0.2) is 16.7 Å². The van der Waals surface area contributed by atoms with Crippen LogP contribution in [0.1, 0.15) is 0 Å². The number of para-hydroxylation sites is 6. The van der Waals surface area contributed by atoms with E-state index < -0.39 is 0 Å². The molecule has 6 heterocycles. The Morgan fingerprint density at radius 1 is 0.115 bits per heavy atom. The van der Waals surface area contributed by atoms with Crippen molar-refractivity contribution in [1.29, 1.82) is 0 Å². The van der Waals surface area contributed by atoms with Crippen molar-refractivity contribution in [3.05, 3.63) is 516 Å². The molecule has 0 unspecified atom stereocenters. The largest absolute Gasteiger partial charge is 0.455 e. The van der Waals surface area contributed by atoms with Gasteiger partial charge in [-0.15, -0.1) is 0 Å². The van der Waals surface area contributed by atoms with Crippen molar-refractivity contribution in [1.82, 2.24) is 15.0 Å². The predicted molar refractivity (Wildman–Crippen MR) is 610 cm³/mol. The molecule has 9 nitrogen and oxygen atoms in total. The van der Waals surface area contributed by atoms with E-state index in [1.54, 1.807) is 0 Å². The van der Waals surface area contributed by atoms with Crippen molar-refractivity contribution in [2.24, 2.45) is 0 Å². The first kappa shape index (κ1) is 86.1. The molecule has 30 rings (SSSR count). The third-order valence-corrected chi connectivity index (χ3v) is 29.0. The number of aromatic nitrogens is 3. The van der Waals surface area contributed by atoms with Crippen LogP contribution in [0.2, 0.25) is 0 Å². The van der Waals surface area contributed by atoms with Crippen LogP contribution in [0.15, 0.2) is 542 Å². The topological polar surface area (TPSA) is 118 Å². The predicted octanol–water partition coefficient (Wildman–Crippen LogP) is 39.1. The molecule has 0 spiro atoms. The summed E-state index contributed by atoms with van der Waals surface area (Å²) in [5.41, 5.74) is 38.0. The first-order chi connectivity index (χ1) is 73.2. The maximum Gasteiger partial charge on any atom is 0.227 e. The highest BCUT2D eigenvalue weighted by Crippen LogP contribution is 2.49. The van der Waals surface area contributed by atoms with E-state index in [1.807, 2.05) is 78.9 Å². The van der Waals surface area contributed by atoms with Gasteiger partial charge in [-0.05, 0) is 300 Å². The second-order valence-electron chi connectivity index (χ2n) is 37.9. The molecule has 692 valence electrons. The van der Waals surface area contributed by atoms with Gasteiger partial charge in [0.1, 0.15) is 50.0 Å². The van der Waals surface area contributed by atoms with Gasteiger partial charge in [0.05, 0.1) is 0 Å². The summed E-state index contributed by atoms with van der Waals surface area (Å²) in [5, 5.41) is 16.4. The molecule has 6 aromatic heterocycles. The summed E-state index contributed by atoms with van der Waals surface area (Å²) in [4.78, 5) is 14.1. The normalized spacial score (nSPS) is 11.6. The SMILES string of the molecule is c1ccc(-c2ccc(-c3ccc4oc5c(-c6ccc(-c7nc8ccccc8o7)cc6)cc(-c6ccc(-c7ccccc7)cc6)cc5c4c3)cc2)cc1.c1ccc2c(-c3ccc4oc5c(-c6ccc(-c7nc8ccccc8o7)cc6)cc(-c6cccc7ccccc67)cc5c4c3)cccc2c1.c1ccc2cc(-c3ccc4oc5c(-c6ccc(-c7nc8ccccc8o7)cc6)cc(-c6cccc7ccccc67)cc5c4c3)ccc2c1. The quantitative estimate of drug-likeness (QED) is 0.105. The molecule has 9 heteroatoms. The molecular weight excluding hydrogens is 1810 g/mol. The van der Waals surface area contributed by atoms with Crippen LogP contribution in [0.4, 0.5) is 0 Å². The maximum atomic E-state index is 6.72. The fraction of sp³-hybridized carbons (Fsp3) is 0. The summed E-state index contributed by atoms with van der Waals surface area (Å²) in [5.74, 6) is 1.84. The van der Waals surface area contributed by atoms with Gasteiger partial charge in [0.2, 0.25) is 17.7 Å². The van der Waals surface area contributed by atoms with E-state index in [1.165, 1.54) is 98.7 Å². The van der Waals surface area contributed by atoms with E-state index in [9.17, 15) is 0 Å². The first-order valence-electron chi connectivity index (χ1n) is 49.9. The Morgan fingerprint density at radius 2 is 0.372 bits per heavy atom. The zero-order chi connectivity index (χ0) is 97.6. The molecule has 0 aliphatic heterocycles. The van der Waals surface area contributed by atoms with Crippen LogP contribution in [0.5, 0.6) is 0 Å². The Kier molecular flexibility index (Phi) is 21.1. The summed E-state index contributed by atoms with van der Waals surface area (Å²) in [6, 6.07) is 181. The van der Waals surface area contributed by atoms with Gasteiger partial charge >= 0.3 is 0 Å². The van der Waals surface area contributed by atoms with Crippen molar-refractivity contribution in [2.45, 2.75) is 0 Å². The zero-order valence-corrected chi connectivity index (χ0v) is 79.9. The number of rotatable bonds is 14. The van der Waals surface area contributed by atoms with Gasteiger partial charge in [-0.25, -0.2) is 15.0 Å². The lowest BCUT2D eigenvalue weighted by Gasteiger charge is -2.11. The number of fused-ring (bicyclic) bond motifs is 16. The second-order valence-corrected chi connectivity index (χ2v) is 37.9. The van der Waals surface area contributed by atoms with E-state index in [0.717, 1.165) is 183 Å². The molecule has 0 saturated heterocycles. The summed E-state index contributed by atoms with van der Waals surface area (Å²) < 4.78 is 38.3. The lowest BCUT2D eigenvalue weighted by Crippen LogP contribution is -1.86. The molecule has 24 aromatic carbocycles. The Morgan fingerprint density at radius 3 is 0.770 bits per heavy atom. The number of oxazole rings is 3. The van der Waals surface area contributed by atoms with Gasteiger partial charge in [0, 0.05) is 65.7 Å². The Hall–Kier alpha value is -19.9. The van der Waals surface area contributed by atoms with E-state index in [4.69, 9.17) is 41.5 Å². The van der Waals surface area contributed by atoms with Crippen LogP contribution in [0, 0.1) is 0 Å². The fourth-order valence-electron chi connectivity index (χ4n) is 21.4. The van der Waals surface area contributed by atoms with Crippen molar-refractivity contribution in [2.75, 3.05) is 0 Å². The summed E-state index contributed by atoms with van der Waals surface area (Å²) in [7, 11) is 0. The first-order valence-corrected chi connectivity index (χ1v) is 49.9. The van der Waals surface area contributed by atoms with Crippen molar-refractivity contribution < 1.29 is 26.5 Å². The molecule has 30 aromatic rings. The molecule has 0 amide bonds. The minimum atomic E-state index is 0.609. The molecule has 0 aliphatic rings. The second kappa shape index (κ2) is 36.3. The zero-order valence-electron chi connectivity index (χ0n) is 79.9. The average Bonchev–Trinajstić information content (AvgIpc) is 1.58. The highest BCUT2D eigenvalue weighted by molar-refractivity contribution is 6.17. The number of nitrogens with zero attached hydrogens (tertiary/aromatic N) is 3. The summed E-state index contributed by atoms with van der Waals surface area (Å²) >= 11 is 0. The molecular formula is C139H85N3O6. The Balaban J connectivity index is 0.000000107. The van der Waals surface area contributed by atoms with Crippen LogP contribution in [-0.4, -0.2) is 15.0 Å². The van der Waals surface area contributed by atoms with Crippen LogP contribution < -0.4 is 0 Å². The number of furan rings is 3. The highest BCUT2D eigenvalue weighted by Gasteiger charge is 2.25. The lowest BCUT2D eigenvalue weighted by atomic mass is 9.92. The third-order valence-electron chi connectivity index (χ3n) is 29.0. The molecule has 0 saturated carbocycles. The molecule has 0 N–H and O–H groups in total. The van der Waals surface area contributed by atoms with Gasteiger partial charge in [-0.2, -0.15) is 0 Å². The third kappa shape index (κ3) is 15.8. The van der Waals surface area contributed by atoms with Crippen molar-refractivity contribution in [3.8, 4) is 157 Å². The monoisotopic (exact) mass is 1890 g/mol. The van der Waals surface area contributed by atoms with Gasteiger partial charge < -0.3 is 26.5 Å². The minimum absolute atomic E-state index is 0.609. The van der Waals surface area contributed by atoms with Crippen LogP contribution in [-0.2, 0) is 0 Å². The van der Waals surface area contributed by atoms with Gasteiger partial charge in [-0.1, -0.05) is 364 Å². The van der Waals surface area contributed by atoms with Crippen LogP contribution in [0.25, 0.3) is 299 Å². The average molecular weight is 1890 g/mol. The van der Waals surface area contributed by atoms with E-state index in [0.29, 0.717) is 17.7 Å². The van der Waals surface area contributed by atoms with Crippen molar-refractivity contribution >= 4 is 142 Å². The van der Waals surface area contributed by atoms with E-state index in [2.05, 4.69) is 437 Å². The summed E-state index contributed by atoms with van der Waals surface area (Å²) in [6.45, 7) is 0. The molecule has 0 aliphatic carbocycles. The molecule has 0 bridgehead atoms. The van der Waals surface area contributed by atoms with E-state index in [-0.39, 0.29) is 0 Å². The van der Waals surface area contributed by atoms with Gasteiger partial charge in [-0.3, -0.25) is 0 Å². The highest BCUT2D eigenvalue weighted by atomic mass is 16.4. The minimum Gasteiger partial charge on any atom is -0.455 e. The van der Waals surface area contributed by atoms with Crippen molar-refractivity contribution in [3.63, 3.8) is 0 Å². The lowest BCUT2D eigenvalue weighted by molar-refractivity contribution is 0.619. The Bertz CT molecular complexity index is 10300. The van der Waals surface area contributed by atoms with Crippen LogP contribution in [0.3, 0.4) is 0 Å². The maximum absolute atomic E-state index is 6.72. The summed E-state index contributed by atoms with van der Waals surface area (Å²) in [6.07, 6.45) is 0. The number of hydrogen-bond donors (Lipinski definition) is 0.